The number of aliphatic hydroxyl groups excluding tert-OH is 1. The number of nitrogens with zero attached hydrogens (tertiary/aromatic N) is 2. The number of aliphatic hydroxyl groups is 1. The van der Waals surface area contributed by atoms with E-state index in [0.717, 1.165) is 6.07 Å². The van der Waals surface area contributed by atoms with Crippen LogP contribution >= 0.6 is 0 Å². The van der Waals surface area contributed by atoms with Gasteiger partial charge in [-0.05, 0) is 18.6 Å². The Balaban J connectivity index is 3.09. The van der Waals surface area contributed by atoms with Crippen molar-refractivity contribution in [2.75, 3.05) is 33.9 Å². The van der Waals surface area contributed by atoms with Gasteiger partial charge in [0.1, 0.15) is 0 Å². The van der Waals surface area contributed by atoms with Crippen LogP contribution in [0.2, 0.25) is 0 Å². The molecule has 0 spiro atoms. The topological polar surface area (TPSA) is 119 Å². The van der Waals surface area contributed by atoms with Crippen LogP contribution in [0.1, 0.15) is 23.7 Å². The molecule has 0 heterocycles. The van der Waals surface area contributed by atoms with Crippen molar-refractivity contribution in [1.82, 2.24) is 4.90 Å². The number of nitro benzene ring substituents is 1. The number of nitro groups is 1. The summed E-state index contributed by atoms with van der Waals surface area (Å²) in [7, 11) is 2.56. The number of benzene rings is 1. The molecule has 0 aliphatic carbocycles. The fourth-order valence-electron chi connectivity index (χ4n) is 2.29. The Labute approximate surface area is 145 Å². The van der Waals surface area contributed by atoms with E-state index < -0.39 is 22.7 Å². The van der Waals surface area contributed by atoms with Gasteiger partial charge in [0.25, 0.3) is 5.91 Å². The predicted octanol–water partition coefficient (Wildman–Crippen LogP) is 1.24. The molecule has 25 heavy (non-hydrogen) atoms. The summed E-state index contributed by atoms with van der Waals surface area (Å²) in [5.74, 6) is -1.47. The van der Waals surface area contributed by atoms with Gasteiger partial charge >= 0.3 is 11.7 Å². The lowest BCUT2D eigenvalue weighted by molar-refractivity contribution is -0.385. The molecular weight excluding hydrogens is 332 g/mol. The van der Waals surface area contributed by atoms with Crippen LogP contribution in [0.5, 0.6) is 5.75 Å². The molecule has 1 atom stereocenters. The van der Waals surface area contributed by atoms with Gasteiger partial charge in [0.05, 0.1) is 25.1 Å². The number of esters is 1. The van der Waals surface area contributed by atoms with Gasteiger partial charge in [0.2, 0.25) is 0 Å². The van der Waals surface area contributed by atoms with E-state index in [4.69, 9.17) is 9.84 Å². The zero-order valence-corrected chi connectivity index (χ0v) is 14.4. The summed E-state index contributed by atoms with van der Waals surface area (Å²) in [6, 6.07) is 3.90. The van der Waals surface area contributed by atoms with Gasteiger partial charge in [-0.1, -0.05) is 6.92 Å². The van der Waals surface area contributed by atoms with Crippen LogP contribution in [0.3, 0.4) is 0 Å². The van der Waals surface area contributed by atoms with Gasteiger partial charge in [-0.3, -0.25) is 19.7 Å². The summed E-state index contributed by atoms with van der Waals surface area (Å²) in [5.41, 5.74) is -0.223. The van der Waals surface area contributed by atoms with Crippen molar-refractivity contribution in [1.29, 1.82) is 0 Å². The van der Waals surface area contributed by atoms with Gasteiger partial charge in [-0.25, -0.2) is 0 Å². The van der Waals surface area contributed by atoms with E-state index in [1.165, 1.54) is 31.3 Å². The van der Waals surface area contributed by atoms with E-state index in [1.807, 2.05) is 0 Å². The lowest BCUT2D eigenvalue weighted by atomic mass is 10.1. The molecule has 1 amide bonds. The van der Waals surface area contributed by atoms with E-state index in [9.17, 15) is 19.7 Å². The van der Waals surface area contributed by atoms with Crippen molar-refractivity contribution in [3.63, 3.8) is 0 Å². The second-order valence-electron chi connectivity index (χ2n) is 5.40. The lowest BCUT2D eigenvalue weighted by Gasteiger charge is -2.25. The summed E-state index contributed by atoms with van der Waals surface area (Å²) in [5, 5.41) is 20.1. The molecule has 138 valence electrons. The molecule has 9 nitrogen and oxygen atoms in total. The molecule has 0 fully saturated rings. The third kappa shape index (κ3) is 5.42. The number of hydrogen-bond acceptors (Lipinski definition) is 7. The van der Waals surface area contributed by atoms with Gasteiger partial charge < -0.3 is 19.5 Å². The van der Waals surface area contributed by atoms with Crippen LogP contribution in [-0.2, 0) is 9.53 Å². The zero-order chi connectivity index (χ0) is 19.0. The maximum absolute atomic E-state index is 12.7. The third-order valence-electron chi connectivity index (χ3n) is 3.59. The summed E-state index contributed by atoms with van der Waals surface area (Å²) in [4.78, 5) is 36.1. The lowest BCUT2D eigenvalue weighted by Crippen LogP contribution is -2.38. The number of methoxy groups -OCH3 is 2. The molecule has 1 aromatic carbocycles. The average molecular weight is 354 g/mol. The summed E-state index contributed by atoms with van der Waals surface area (Å²) < 4.78 is 9.57. The molecule has 1 unspecified atom stereocenters. The Morgan fingerprint density at radius 2 is 2.04 bits per heavy atom. The molecule has 0 saturated heterocycles. The van der Waals surface area contributed by atoms with E-state index in [1.54, 1.807) is 6.92 Å². The molecular formula is C16H22N2O7. The quantitative estimate of drug-likeness (QED) is 0.402. The Kier molecular flexibility index (Phi) is 7.80. The molecule has 0 radical (unpaired) electrons. The van der Waals surface area contributed by atoms with Gasteiger partial charge in [0, 0.05) is 31.3 Å². The first-order chi connectivity index (χ1) is 11.8. The fraction of sp³-hybridized carbons (Fsp3) is 0.500. The molecule has 1 aromatic rings. The molecule has 9 heteroatoms. The largest absolute Gasteiger partial charge is 0.490 e. The van der Waals surface area contributed by atoms with E-state index in [-0.39, 0.29) is 36.7 Å². The number of carbonyl (C=O) groups is 2. The molecule has 1 N–H and O–H groups in total. The zero-order valence-electron chi connectivity index (χ0n) is 14.4. The molecule has 0 bridgehead atoms. The Hall–Kier alpha value is -2.68. The minimum atomic E-state index is -0.634. The molecule has 0 aliphatic rings. The van der Waals surface area contributed by atoms with Crippen molar-refractivity contribution in [3.8, 4) is 5.75 Å². The van der Waals surface area contributed by atoms with Crippen LogP contribution in [0, 0.1) is 16.0 Å². The first kappa shape index (κ1) is 20.4. The number of carbonyl (C=O) groups excluding carboxylic acids is 2. The van der Waals surface area contributed by atoms with Crippen molar-refractivity contribution in [3.05, 3.63) is 33.9 Å². The number of hydrogen-bond donors (Lipinski definition) is 1. The molecule has 1 rings (SSSR count). The average Bonchev–Trinajstić information content (AvgIpc) is 2.62. The van der Waals surface area contributed by atoms with Crippen molar-refractivity contribution >= 4 is 17.6 Å². The fourth-order valence-corrected chi connectivity index (χ4v) is 2.29. The highest BCUT2D eigenvalue weighted by Gasteiger charge is 2.25. The summed E-state index contributed by atoms with van der Waals surface area (Å²) in [6.07, 6.45) is 0.317. The minimum absolute atomic E-state index is 0.0476. The van der Waals surface area contributed by atoms with Crippen LogP contribution in [-0.4, -0.2) is 60.7 Å². The summed E-state index contributed by atoms with van der Waals surface area (Å²) >= 11 is 0. The maximum atomic E-state index is 12.7. The first-order valence-corrected chi connectivity index (χ1v) is 7.66. The normalized spacial score (nSPS) is 11.5. The van der Waals surface area contributed by atoms with E-state index in [0.29, 0.717) is 6.42 Å². The molecule has 0 saturated carbocycles. The van der Waals surface area contributed by atoms with Gasteiger partial charge in [-0.2, -0.15) is 0 Å². The minimum Gasteiger partial charge on any atom is -0.490 e. The van der Waals surface area contributed by atoms with E-state index in [2.05, 4.69) is 4.74 Å². The van der Waals surface area contributed by atoms with Gasteiger partial charge in [-0.15, -0.1) is 0 Å². The SMILES string of the molecule is COC(=O)C(C)CN(CCCO)C(=O)c1ccc(OC)c([N+](=O)[O-])c1. The second kappa shape index (κ2) is 9.58. The van der Waals surface area contributed by atoms with Crippen molar-refractivity contribution < 1.29 is 29.1 Å². The van der Waals surface area contributed by atoms with Crippen molar-refractivity contribution in [2.45, 2.75) is 13.3 Å². The number of ether oxygens (including phenoxy) is 2. The highest BCUT2D eigenvalue weighted by Crippen LogP contribution is 2.28. The first-order valence-electron chi connectivity index (χ1n) is 7.66. The highest BCUT2D eigenvalue weighted by molar-refractivity contribution is 5.95. The van der Waals surface area contributed by atoms with E-state index >= 15 is 0 Å². The number of rotatable bonds is 9. The van der Waals surface area contributed by atoms with Crippen LogP contribution in [0.4, 0.5) is 5.69 Å². The van der Waals surface area contributed by atoms with Crippen LogP contribution in [0.25, 0.3) is 0 Å². The van der Waals surface area contributed by atoms with Crippen LogP contribution in [0.15, 0.2) is 18.2 Å². The second-order valence-corrected chi connectivity index (χ2v) is 5.40. The monoisotopic (exact) mass is 354 g/mol. The third-order valence-corrected chi connectivity index (χ3v) is 3.59. The number of amides is 1. The highest BCUT2D eigenvalue weighted by atomic mass is 16.6. The summed E-state index contributed by atoms with van der Waals surface area (Å²) in [6.45, 7) is 1.77. The molecule has 0 aromatic heterocycles. The predicted molar refractivity (Wildman–Crippen MR) is 88.4 cm³/mol. The Bertz CT molecular complexity index is 633. The van der Waals surface area contributed by atoms with Crippen LogP contribution < -0.4 is 4.74 Å². The van der Waals surface area contributed by atoms with Crippen molar-refractivity contribution in [2.24, 2.45) is 5.92 Å². The molecule has 0 aliphatic heterocycles. The Morgan fingerprint density at radius 3 is 2.56 bits per heavy atom. The maximum Gasteiger partial charge on any atom is 0.311 e. The van der Waals surface area contributed by atoms with Gasteiger partial charge in [0.15, 0.2) is 5.75 Å². The standard InChI is InChI=1S/C16H22N2O7/c1-11(16(21)25-3)10-17(7-4-8-19)15(20)12-5-6-14(24-2)13(9-12)18(22)23/h5-6,9,11,19H,4,7-8,10H2,1-3H3. The smallest absolute Gasteiger partial charge is 0.311 e. The Morgan fingerprint density at radius 1 is 1.36 bits per heavy atom.